The molecular weight excluding hydrogens is 270 g/mol. The van der Waals surface area contributed by atoms with Gasteiger partial charge < -0.3 is 20.3 Å². The molecule has 1 unspecified atom stereocenters. The quantitative estimate of drug-likeness (QED) is 0.752. The number of hydrogen-bond acceptors (Lipinski definition) is 4. The van der Waals surface area contributed by atoms with Crippen LogP contribution in [0, 0.1) is 5.92 Å². The summed E-state index contributed by atoms with van der Waals surface area (Å²) in [6.07, 6.45) is 0.664. The van der Waals surface area contributed by atoms with Gasteiger partial charge in [-0.3, -0.25) is 4.79 Å². The minimum atomic E-state index is -0.455. The van der Waals surface area contributed by atoms with E-state index in [9.17, 15) is 9.59 Å². The summed E-state index contributed by atoms with van der Waals surface area (Å²) in [6, 6.07) is 0.272. The van der Waals surface area contributed by atoms with Crippen molar-refractivity contribution in [2.24, 2.45) is 5.92 Å². The summed E-state index contributed by atoms with van der Waals surface area (Å²) in [5.41, 5.74) is -0.455. The minimum Gasteiger partial charge on any atom is -0.444 e. The summed E-state index contributed by atoms with van der Waals surface area (Å²) in [6.45, 7) is 12.1. The number of nitrogens with zero attached hydrogens (tertiary/aromatic N) is 1. The minimum absolute atomic E-state index is 0.0131. The SMILES string of the molecule is CC(C)C(=O)NCCNC1CCN(C(=O)OC(C)(C)C)C1. The largest absolute Gasteiger partial charge is 0.444 e. The molecule has 6 nitrogen and oxygen atoms in total. The molecule has 0 radical (unpaired) electrons. The molecule has 0 aromatic heterocycles. The fourth-order valence-electron chi connectivity index (χ4n) is 2.09. The third-order valence-electron chi connectivity index (χ3n) is 3.22. The van der Waals surface area contributed by atoms with Crippen LogP contribution in [0.4, 0.5) is 4.79 Å². The third kappa shape index (κ3) is 6.80. The molecule has 1 heterocycles. The van der Waals surface area contributed by atoms with Crippen molar-refractivity contribution in [3.8, 4) is 0 Å². The van der Waals surface area contributed by atoms with E-state index in [1.807, 2.05) is 34.6 Å². The second-order valence-corrected chi connectivity index (χ2v) is 6.81. The predicted molar refractivity (Wildman–Crippen MR) is 82.1 cm³/mol. The monoisotopic (exact) mass is 299 g/mol. The lowest BCUT2D eigenvalue weighted by Gasteiger charge is -2.24. The van der Waals surface area contributed by atoms with Crippen LogP contribution in [-0.4, -0.2) is 54.7 Å². The highest BCUT2D eigenvalue weighted by molar-refractivity contribution is 5.77. The molecule has 0 spiro atoms. The fraction of sp³-hybridized carbons (Fsp3) is 0.867. The zero-order chi connectivity index (χ0) is 16.0. The van der Waals surface area contributed by atoms with E-state index < -0.39 is 5.60 Å². The first-order valence-electron chi connectivity index (χ1n) is 7.68. The van der Waals surface area contributed by atoms with Gasteiger partial charge >= 0.3 is 6.09 Å². The second kappa shape index (κ2) is 7.64. The van der Waals surface area contributed by atoms with Gasteiger partial charge in [0.15, 0.2) is 0 Å². The maximum atomic E-state index is 11.9. The highest BCUT2D eigenvalue weighted by Crippen LogP contribution is 2.15. The van der Waals surface area contributed by atoms with Gasteiger partial charge in [-0.15, -0.1) is 0 Å². The van der Waals surface area contributed by atoms with E-state index in [-0.39, 0.29) is 24.0 Å². The van der Waals surface area contributed by atoms with Crippen LogP contribution in [-0.2, 0) is 9.53 Å². The zero-order valence-corrected chi connectivity index (χ0v) is 13.9. The summed E-state index contributed by atoms with van der Waals surface area (Å²) < 4.78 is 5.36. The Morgan fingerprint density at radius 2 is 1.95 bits per heavy atom. The van der Waals surface area contributed by atoms with Crippen molar-refractivity contribution in [3.05, 3.63) is 0 Å². The van der Waals surface area contributed by atoms with Gasteiger partial charge in [-0.25, -0.2) is 4.79 Å². The Morgan fingerprint density at radius 3 is 2.52 bits per heavy atom. The number of nitrogens with one attached hydrogen (secondary N) is 2. The average Bonchev–Trinajstić information content (AvgIpc) is 2.81. The summed E-state index contributed by atoms with van der Waals surface area (Å²) in [4.78, 5) is 25.1. The van der Waals surface area contributed by atoms with Gasteiger partial charge in [-0.05, 0) is 27.2 Å². The third-order valence-corrected chi connectivity index (χ3v) is 3.22. The number of likely N-dealkylation sites (tertiary alicyclic amines) is 1. The zero-order valence-electron chi connectivity index (χ0n) is 13.9. The van der Waals surface area contributed by atoms with Crippen LogP contribution in [0.3, 0.4) is 0 Å². The Morgan fingerprint density at radius 1 is 1.29 bits per heavy atom. The van der Waals surface area contributed by atoms with Crippen molar-refractivity contribution in [3.63, 3.8) is 0 Å². The Balaban J connectivity index is 2.20. The number of amides is 2. The van der Waals surface area contributed by atoms with E-state index in [2.05, 4.69) is 10.6 Å². The molecule has 1 aliphatic heterocycles. The van der Waals surface area contributed by atoms with Gasteiger partial charge in [0.05, 0.1) is 0 Å². The van der Waals surface area contributed by atoms with Crippen molar-refractivity contribution in [2.45, 2.75) is 52.7 Å². The highest BCUT2D eigenvalue weighted by atomic mass is 16.6. The molecule has 1 saturated heterocycles. The van der Waals surface area contributed by atoms with E-state index in [0.717, 1.165) is 6.42 Å². The molecule has 1 atom stereocenters. The number of rotatable bonds is 5. The first kappa shape index (κ1) is 17.8. The Hall–Kier alpha value is -1.30. The van der Waals surface area contributed by atoms with Gasteiger partial charge in [-0.1, -0.05) is 13.8 Å². The van der Waals surface area contributed by atoms with E-state index in [1.165, 1.54) is 0 Å². The van der Waals surface area contributed by atoms with Crippen molar-refractivity contribution < 1.29 is 14.3 Å². The summed E-state index contributed by atoms with van der Waals surface area (Å²) in [5.74, 6) is 0.0812. The van der Waals surface area contributed by atoms with Crippen LogP contribution in [0.5, 0.6) is 0 Å². The maximum absolute atomic E-state index is 11.9. The molecule has 2 amide bonds. The van der Waals surface area contributed by atoms with Crippen molar-refractivity contribution in [1.82, 2.24) is 15.5 Å². The number of carbonyl (C=O) groups excluding carboxylic acids is 2. The molecule has 2 N–H and O–H groups in total. The second-order valence-electron chi connectivity index (χ2n) is 6.81. The van der Waals surface area contributed by atoms with Gasteiger partial charge in [0.1, 0.15) is 5.60 Å². The van der Waals surface area contributed by atoms with E-state index in [0.29, 0.717) is 26.2 Å². The van der Waals surface area contributed by atoms with Gasteiger partial charge in [0.2, 0.25) is 5.91 Å². The van der Waals surface area contributed by atoms with E-state index >= 15 is 0 Å². The predicted octanol–water partition coefficient (Wildman–Crippen LogP) is 1.36. The molecular formula is C15H29N3O3. The lowest BCUT2D eigenvalue weighted by molar-refractivity contribution is -0.123. The molecule has 21 heavy (non-hydrogen) atoms. The molecule has 0 aromatic rings. The summed E-state index contributed by atoms with van der Waals surface area (Å²) >= 11 is 0. The van der Waals surface area contributed by atoms with E-state index in [4.69, 9.17) is 4.74 Å². The van der Waals surface area contributed by atoms with Crippen LogP contribution in [0.25, 0.3) is 0 Å². The fourth-order valence-corrected chi connectivity index (χ4v) is 2.09. The van der Waals surface area contributed by atoms with Gasteiger partial charge in [0, 0.05) is 38.1 Å². The molecule has 6 heteroatoms. The molecule has 0 bridgehead atoms. The van der Waals surface area contributed by atoms with Crippen LogP contribution in [0.15, 0.2) is 0 Å². The van der Waals surface area contributed by atoms with Gasteiger partial charge in [0.25, 0.3) is 0 Å². The summed E-state index contributed by atoms with van der Waals surface area (Å²) in [5, 5.41) is 6.22. The molecule has 0 aromatic carbocycles. The van der Waals surface area contributed by atoms with Gasteiger partial charge in [-0.2, -0.15) is 0 Å². The Bertz CT molecular complexity index is 364. The van der Waals surface area contributed by atoms with Crippen LogP contribution < -0.4 is 10.6 Å². The standard InChI is InChI=1S/C15H29N3O3/c1-11(2)13(19)17-8-7-16-12-6-9-18(10-12)14(20)21-15(3,4)5/h11-12,16H,6-10H2,1-5H3,(H,17,19). The molecule has 0 saturated carbocycles. The first-order valence-corrected chi connectivity index (χ1v) is 7.68. The molecule has 0 aliphatic carbocycles. The summed E-state index contributed by atoms with van der Waals surface area (Å²) in [7, 11) is 0. The normalized spacial score (nSPS) is 19.0. The number of carbonyl (C=O) groups is 2. The lowest BCUT2D eigenvalue weighted by atomic mass is 10.2. The molecule has 122 valence electrons. The van der Waals surface area contributed by atoms with Crippen molar-refractivity contribution in [2.75, 3.05) is 26.2 Å². The first-order chi connectivity index (χ1) is 9.69. The van der Waals surface area contributed by atoms with Crippen LogP contribution >= 0.6 is 0 Å². The Kier molecular flexibility index (Phi) is 6.45. The highest BCUT2D eigenvalue weighted by Gasteiger charge is 2.29. The molecule has 1 fully saturated rings. The smallest absolute Gasteiger partial charge is 0.410 e. The van der Waals surface area contributed by atoms with Crippen LogP contribution in [0.2, 0.25) is 0 Å². The van der Waals surface area contributed by atoms with E-state index in [1.54, 1.807) is 4.90 Å². The molecule has 1 rings (SSSR count). The van der Waals surface area contributed by atoms with Crippen LogP contribution in [0.1, 0.15) is 41.0 Å². The Labute approximate surface area is 127 Å². The van der Waals surface area contributed by atoms with Crippen molar-refractivity contribution >= 4 is 12.0 Å². The maximum Gasteiger partial charge on any atom is 0.410 e. The average molecular weight is 299 g/mol. The van der Waals surface area contributed by atoms with Crippen molar-refractivity contribution in [1.29, 1.82) is 0 Å². The molecule has 1 aliphatic rings. The lowest BCUT2D eigenvalue weighted by Crippen LogP contribution is -2.41. The topological polar surface area (TPSA) is 70.7 Å². The number of hydrogen-bond donors (Lipinski definition) is 2. The number of ether oxygens (including phenoxy) is 1.